The van der Waals surface area contributed by atoms with E-state index in [0.717, 1.165) is 17.9 Å². The van der Waals surface area contributed by atoms with Gasteiger partial charge in [-0.2, -0.15) is 0 Å². The lowest BCUT2D eigenvalue weighted by Gasteiger charge is -2.07. The molecule has 108 valence electrons. The van der Waals surface area contributed by atoms with Gasteiger partial charge in [0.1, 0.15) is 11.5 Å². The Bertz CT molecular complexity index is 616. The molecule has 0 N–H and O–H groups in total. The normalized spacial score (nSPS) is 11.9. The molecule has 0 fully saturated rings. The number of hydrogen-bond acceptors (Lipinski definition) is 1. The highest BCUT2D eigenvalue weighted by Crippen LogP contribution is 2.24. The van der Waals surface area contributed by atoms with E-state index in [0.29, 0.717) is 0 Å². The molecule has 2 rings (SSSR count). The molecule has 0 aromatic heterocycles. The van der Waals surface area contributed by atoms with Gasteiger partial charge in [0.15, 0.2) is 0 Å². The minimum atomic E-state index is 0.861. The molecule has 0 unspecified atom stereocenters. The summed E-state index contributed by atoms with van der Waals surface area (Å²) in [5, 5.41) is 0. The van der Waals surface area contributed by atoms with E-state index in [2.05, 4.69) is 63.3 Å². The number of hydrogen-bond donors (Lipinski definition) is 0. The van der Waals surface area contributed by atoms with Crippen molar-refractivity contribution in [3.05, 3.63) is 77.9 Å². The monoisotopic (exact) mass is 278 g/mol. The van der Waals surface area contributed by atoms with E-state index in [1.807, 2.05) is 24.3 Å². The van der Waals surface area contributed by atoms with E-state index >= 15 is 0 Å². The fourth-order valence-electron chi connectivity index (χ4n) is 1.97. The zero-order chi connectivity index (χ0) is 15.1. The number of benzene rings is 2. The molecule has 2 aromatic rings. The van der Waals surface area contributed by atoms with Crippen LogP contribution in [0.5, 0.6) is 11.5 Å². The minimum Gasteiger partial charge on any atom is -0.457 e. The standard InChI is InChI=1S/C20H22O/c1-4-5-6-7-17(3)18-10-14-20(15-11-18)21-19-12-8-16(2)9-13-19/h5-15H,4H2,1-3H3/b6-5-,17-7+. The summed E-state index contributed by atoms with van der Waals surface area (Å²) in [4.78, 5) is 0. The SMILES string of the molecule is CC/C=C\C=C(/C)c1ccc(Oc2ccc(C)cc2)cc1. The highest BCUT2D eigenvalue weighted by Gasteiger charge is 1.99. The Balaban J connectivity index is 2.06. The summed E-state index contributed by atoms with van der Waals surface area (Å²) in [5.74, 6) is 1.73. The lowest BCUT2D eigenvalue weighted by molar-refractivity contribution is 0.482. The van der Waals surface area contributed by atoms with Gasteiger partial charge in [-0.3, -0.25) is 0 Å². The molecule has 0 spiro atoms. The van der Waals surface area contributed by atoms with Gasteiger partial charge in [0.05, 0.1) is 0 Å². The zero-order valence-electron chi connectivity index (χ0n) is 13.0. The van der Waals surface area contributed by atoms with Crippen LogP contribution >= 0.6 is 0 Å². The van der Waals surface area contributed by atoms with Crippen molar-refractivity contribution in [1.82, 2.24) is 0 Å². The van der Waals surface area contributed by atoms with Crippen LogP contribution in [0.1, 0.15) is 31.4 Å². The number of allylic oxidation sites excluding steroid dienone is 4. The fourth-order valence-corrected chi connectivity index (χ4v) is 1.97. The van der Waals surface area contributed by atoms with Crippen molar-refractivity contribution >= 4 is 5.57 Å². The van der Waals surface area contributed by atoms with Crippen LogP contribution in [0.15, 0.2) is 66.8 Å². The van der Waals surface area contributed by atoms with E-state index in [4.69, 9.17) is 4.74 Å². The van der Waals surface area contributed by atoms with Crippen molar-refractivity contribution in [2.45, 2.75) is 27.2 Å². The zero-order valence-corrected chi connectivity index (χ0v) is 13.0. The number of aryl methyl sites for hydroxylation is 1. The Morgan fingerprint density at radius 2 is 1.52 bits per heavy atom. The van der Waals surface area contributed by atoms with Crippen LogP contribution in [0.2, 0.25) is 0 Å². The first-order chi connectivity index (χ1) is 10.2. The van der Waals surface area contributed by atoms with Crippen molar-refractivity contribution < 1.29 is 4.74 Å². The largest absolute Gasteiger partial charge is 0.457 e. The Hall–Kier alpha value is -2.28. The second-order valence-electron chi connectivity index (χ2n) is 5.13. The molecule has 0 aliphatic heterocycles. The molecule has 0 heterocycles. The molecule has 0 amide bonds. The summed E-state index contributed by atoms with van der Waals surface area (Å²) in [7, 11) is 0. The molecule has 0 atom stereocenters. The highest BCUT2D eigenvalue weighted by molar-refractivity contribution is 5.65. The number of ether oxygens (including phenoxy) is 1. The van der Waals surface area contributed by atoms with Crippen molar-refractivity contribution in [3.8, 4) is 11.5 Å². The third-order valence-electron chi connectivity index (χ3n) is 3.28. The van der Waals surface area contributed by atoms with Crippen LogP contribution < -0.4 is 4.74 Å². The quantitative estimate of drug-likeness (QED) is 0.595. The van der Waals surface area contributed by atoms with E-state index < -0.39 is 0 Å². The molecule has 2 aromatic carbocycles. The van der Waals surface area contributed by atoms with Gasteiger partial charge in [0, 0.05) is 0 Å². The summed E-state index contributed by atoms with van der Waals surface area (Å²) in [6, 6.07) is 16.3. The average molecular weight is 278 g/mol. The van der Waals surface area contributed by atoms with Crippen LogP contribution in [0.4, 0.5) is 0 Å². The van der Waals surface area contributed by atoms with Crippen molar-refractivity contribution in [3.63, 3.8) is 0 Å². The molecule has 21 heavy (non-hydrogen) atoms. The molecule has 0 aliphatic rings. The van der Waals surface area contributed by atoms with Gasteiger partial charge in [-0.25, -0.2) is 0 Å². The first kappa shape index (κ1) is 15.1. The van der Waals surface area contributed by atoms with E-state index in [9.17, 15) is 0 Å². The maximum atomic E-state index is 5.83. The molecule has 0 radical (unpaired) electrons. The van der Waals surface area contributed by atoms with Gasteiger partial charge in [0.25, 0.3) is 0 Å². The smallest absolute Gasteiger partial charge is 0.127 e. The third kappa shape index (κ3) is 4.64. The maximum absolute atomic E-state index is 5.83. The molecule has 0 saturated carbocycles. The van der Waals surface area contributed by atoms with Crippen LogP contribution in [0.3, 0.4) is 0 Å². The molecular weight excluding hydrogens is 256 g/mol. The lowest BCUT2D eigenvalue weighted by Crippen LogP contribution is -1.85. The predicted molar refractivity (Wildman–Crippen MR) is 90.8 cm³/mol. The van der Waals surface area contributed by atoms with Gasteiger partial charge in [-0.15, -0.1) is 0 Å². The molecular formula is C20H22O. The van der Waals surface area contributed by atoms with Crippen molar-refractivity contribution in [2.24, 2.45) is 0 Å². The molecule has 1 heteroatoms. The first-order valence-corrected chi connectivity index (χ1v) is 7.37. The Morgan fingerprint density at radius 1 is 0.952 bits per heavy atom. The summed E-state index contributed by atoms with van der Waals surface area (Å²) in [6.07, 6.45) is 7.46. The van der Waals surface area contributed by atoms with Crippen LogP contribution in [0.25, 0.3) is 5.57 Å². The van der Waals surface area contributed by atoms with Crippen LogP contribution in [-0.4, -0.2) is 0 Å². The molecule has 0 bridgehead atoms. The second kappa shape index (κ2) is 7.49. The number of rotatable bonds is 5. The maximum Gasteiger partial charge on any atom is 0.127 e. The van der Waals surface area contributed by atoms with Crippen LogP contribution in [-0.2, 0) is 0 Å². The van der Waals surface area contributed by atoms with E-state index in [1.165, 1.54) is 16.7 Å². The summed E-state index contributed by atoms with van der Waals surface area (Å²) >= 11 is 0. The predicted octanol–water partition coefficient (Wildman–Crippen LogP) is 6.16. The summed E-state index contributed by atoms with van der Waals surface area (Å²) in [5.41, 5.74) is 3.70. The summed E-state index contributed by atoms with van der Waals surface area (Å²) < 4.78 is 5.83. The lowest BCUT2D eigenvalue weighted by atomic mass is 10.1. The van der Waals surface area contributed by atoms with E-state index in [1.54, 1.807) is 0 Å². The average Bonchev–Trinajstić information content (AvgIpc) is 2.50. The fraction of sp³-hybridized carbons (Fsp3) is 0.200. The molecule has 1 nitrogen and oxygen atoms in total. The van der Waals surface area contributed by atoms with Gasteiger partial charge < -0.3 is 4.74 Å². The Kier molecular flexibility index (Phi) is 5.39. The Morgan fingerprint density at radius 3 is 2.10 bits per heavy atom. The first-order valence-electron chi connectivity index (χ1n) is 7.37. The van der Waals surface area contributed by atoms with E-state index in [-0.39, 0.29) is 0 Å². The van der Waals surface area contributed by atoms with Crippen LogP contribution in [0, 0.1) is 6.92 Å². The van der Waals surface area contributed by atoms with Crippen molar-refractivity contribution in [1.29, 1.82) is 0 Å². The second-order valence-corrected chi connectivity index (χ2v) is 5.13. The Labute approximate surface area is 127 Å². The minimum absolute atomic E-state index is 0.861. The highest BCUT2D eigenvalue weighted by atomic mass is 16.5. The van der Waals surface area contributed by atoms with Crippen molar-refractivity contribution in [2.75, 3.05) is 0 Å². The topological polar surface area (TPSA) is 9.23 Å². The van der Waals surface area contributed by atoms with Gasteiger partial charge in [-0.05, 0) is 55.7 Å². The van der Waals surface area contributed by atoms with Gasteiger partial charge in [-0.1, -0.05) is 55.0 Å². The van der Waals surface area contributed by atoms with Gasteiger partial charge in [0.2, 0.25) is 0 Å². The summed E-state index contributed by atoms with van der Waals surface area (Å²) in [6.45, 7) is 6.33. The third-order valence-corrected chi connectivity index (χ3v) is 3.28. The van der Waals surface area contributed by atoms with Gasteiger partial charge >= 0.3 is 0 Å². The molecule has 0 aliphatic carbocycles. The molecule has 0 saturated heterocycles.